The predicted molar refractivity (Wildman–Crippen MR) is 67.7 cm³/mol. The highest BCUT2D eigenvalue weighted by atomic mass is 16.5. The molecule has 3 nitrogen and oxygen atoms in total. The maximum Gasteiger partial charge on any atom is 0.157 e. The Morgan fingerprint density at radius 2 is 2.18 bits per heavy atom. The first-order valence-electron chi connectivity index (χ1n) is 6.07. The normalized spacial score (nSPS) is 32.5. The van der Waals surface area contributed by atoms with Crippen LogP contribution in [0, 0.1) is 5.92 Å². The highest BCUT2D eigenvalue weighted by Crippen LogP contribution is 2.33. The van der Waals surface area contributed by atoms with E-state index in [-0.39, 0.29) is 23.9 Å². The molecule has 4 atom stereocenters. The molecule has 17 heavy (non-hydrogen) atoms. The third-order valence-electron chi connectivity index (χ3n) is 3.45. The molecule has 1 fully saturated rings. The van der Waals surface area contributed by atoms with Gasteiger partial charge >= 0.3 is 0 Å². The van der Waals surface area contributed by atoms with Gasteiger partial charge in [0.15, 0.2) is 5.78 Å². The van der Waals surface area contributed by atoms with E-state index in [0.29, 0.717) is 6.42 Å². The summed E-state index contributed by atoms with van der Waals surface area (Å²) >= 11 is 0. The van der Waals surface area contributed by atoms with Crippen molar-refractivity contribution < 1.29 is 14.6 Å². The lowest BCUT2D eigenvalue weighted by atomic mass is 9.83. The minimum Gasteiger partial charge on any atom is -0.383 e. The number of allylic oxidation sites excluding steroid dienone is 1. The fourth-order valence-electron chi connectivity index (χ4n) is 2.30. The lowest BCUT2D eigenvalue weighted by Gasteiger charge is -2.41. The van der Waals surface area contributed by atoms with Crippen LogP contribution in [0.25, 0.3) is 0 Å². The van der Waals surface area contributed by atoms with E-state index in [1.807, 2.05) is 6.92 Å². The molecule has 0 aromatic carbocycles. The summed E-state index contributed by atoms with van der Waals surface area (Å²) < 4.78 is 5.84. The van der Waals surface area contributed by atoms with E-state index in [9.17, 15) is 9.90 Å². The number of aliphatic hydroxyl groups is 1. The summed E-state index contributed by atoms with van der Waals surface area (Å²) in [5.41, 5.74) is -1.05. The minimum atomic E-state index is -1.05. The molecular formula is C14H22O3. The summed E-state index contributed by atoms with van der Waals surface area (Å²) in [6.07, 6.45) is 4.56. The smallest absolute Gasteiger partial charge is 0.157 e. The SMILES string of the molecule is C=CC(=O)C[C@H]1CC[C@H](C)[C@@H](C(C)(O)C=C)O1. The molecule has 0 aromatic heterocycles. The summed E-state index contributed by atoms with van der Waals surface area (Å²) in [7, 11) is 0. The molecule has 96 valence electrons. The third-order valence-corrected chi connectivity index (χ3v) is 3.45. The van der Waals surface area contributed by atoms with Crippen molar-refractivity contribution in [3.63, 3.8) is 0 Å². The quantitative estimate of drug-likeness (QED) is 0.590. The van der Waals surface area contributed by atoms with E-state index in [0.717, 1.165) is 12.8 Å². The molecule has 1 N–H and O–H groups in total. The lowest BCUT2D eigenvalue weighted by molar-refractivity contribution is -0.157. The first-order chi connectivity index (χ1) is 7.90. The van der Waals surface area contributed by atoms with Crippen molar-refractivity contribution in [3.8, 4) is 0 Å². The maximum absolute atomic E-state index is 11.3. The van der Waals surface area contributed by atoms with E-state index in [4.69, 9.17) is 4.74 Å². The molecule has 0 amide bonds. The average Bonchev–Trinajstić information content (AvgIpc) is 2.31. The van der Waals surface area contributed by atoms with Crippen molar-refractivity contribution in [1.82, 2.24) is 0 Å². The first-order valence-corrected chi connectivity index (χ1v) is 6.07. The van der Waals surface area contributed by atoms with Crippen LogP contribution in [0.15, 0.2) is 25.3 Å². The summed E-state index contributed by atoms with van der Waals surface area (Å²) in [5.74, 6) is 0.250. The van der Waals surface area contributed by atoms with Gasteiger partial charge in [0.1, 0.15) is 5.60 Å². The van der Waals surface area contributed by atoms with Gasteiger partial charge in [0, 0.05) is 6.42 Å². The zero-order valence-corrected chi connectivity index (χ0v) is 10.7. The highest BCUT2D eigenvalue weighted by molar-refractivity contribution is 5.89. The van der Waals surface area contributed by atoms with E-state index in [1.165, 1.54) is 12.2 Å². The Bertz CT molecular complexity index is 307. The lowest BCUT2D eigenvalue weighted by Crippen LogP contribution is -2.48. The minimum absolute atomic E-state index is 0.0125. The van der Waals surface area contributed by atoms with E-state index >= 15 is 0 Å². The van der Waals surface area contributed by atoms with E-state index in [1.54, 1.807) is 6.92 Å². The number of ether oxygens (including phenoxy) is 1. The summed E-state index contributed by atoms with van der Waals surface area (Å²) in [6, 6.07) is 0. The van der Waals surface area contributed by atoms with Gasteiger partial charge in [0.05, 0.1) is 12.2 Å². The number of carbonyl (C=O) groups excluding carboxylic acids is 1. The molecule has 1 rings (SSSR count). The molecule has 0 aromatic rings. The molecule has 1 aliphatic heterocycles. The van der Waals surface area contributed by atoms with Crippen LogP contribution in [-0.4, -0.2) is 28.7 Å². The molecule has 0 aliphatic carbocycles. The maximum atomic E-state index is 11.3. The van der Waals surface area contributed by atoms with Crippen LogP contribution in [-0.2, 0) is 9.53 Å². The Kier molecular flexibility index (Phi) is 4.66. The van der Waals surface area contributed by atoms with Gasteiger partial charge in [-0.2, -0.15) is 0 Å². The summed E-state index contributed by atoms with van der Waals surface area (Å²) in [6.45, 7) is 10.8. The molecule has 0 bridgehead atoms. The van der Waals surface area contributed by atoms with Crippen LogP contribution in [0.4, 0.5) is 0 Å². The molecule has 1 aliphatic rings. The standard InChI is InChI=1S/C14H22O3/c1-5-11(15)9-12-8-7-10(3)13(17-12)14(4,16)6-2/h5-6,10,12-13,16H,1-2,7-9H2,3-4H3/t10-,12+,13-,14?/m0/s1. The Morgan fingerprint density at radius 3 is 2.71 bits per heavy atom. The Labute approximate surface area is 103 Å². The average molecular weight is 238 g/mol. The van der Waals surface area contributed by atoms with Gasteiger partial charge in [-0.05, 0) is 31.8 Å². The van der Waals surface area contributed by atoms with Crippen LogP contribution >= 0.6 is 0 Å². The molecular weight excluding hydrogens is 216 g/mol. The van der Waals surface area contributed by atoms with Crippen molar-refractivity contribution in [3.05, 3.63) is 25.3 Å². The Hall–Kier alpha value is -0.930. The number of hydrogen-bond acceptors (Lipinski definition) is 3. The van der Waals surface area contributed by atoms with Crippen molar-refractivity contribution in [2.75, 3.05) is 0 Å². The van der Waals surface area contributed by atoms with Crippen molar-refractivity contribution in [2.24, 2.45) is 5.92 Å². The second-order valence-electron chi connectivity index (χ2n) is 5.04. The molecule has 0 spiro atoms. The van der Waals surface area contributed by atoms with Gasteiger partial charge in [-0.1, -0.05) is 19.6 Å². The van der Waals surface area contributed by atoms with Gasteiger partial charge in [0.2, 0.25) is 0 Å². The Morgan fingerprint density at radius 1 is 1.53 bits per heavy atom. The fraction of sp³-hybridized carbons (Fsp3) is 0.643. The van der Waals surface area contributed by atoms with Crippen LogP contribution in [0.2, 0.25) is 0 Å². The van der Waals surface area contributed by atoms with Gasteiger partial charge in [-0.25, -0.2) is 0 Å². The van der Waals surface area contributed by atoms with Gasteiger partial charge < -0.3 is 9.84 Å². The number of ketones is 1. The largest absolute Gasteiger partial charge is 0.383 e. The highest BCUT2D eigenvalue weighted by Gasteiger charge is 2.39. The predicted octanol–water partition coefficient (Wildman–Crippen LogP) is 2.25. The van der Waals surface area contributed by atoms with Gasteiger partial charge in [-0.3, -0.25) is 4.79 Å². The van der Waals surface area contributed by atoms with Gasteiger partial charge in [0.25, 0.3) is 0 Å². The molecule has 1 unspecified atom stereocenters. The molecule has 0 radical (unpaired) electrons. The van der Waals surface area contributed by atoms with Crippen LogP contribution < -0.4 is 0 Å². The van der Waals surface area contributed by atoms with Crippen LogP contribution in [0.1, 0.15) is 33.1 Å². The second-order valence-corrected chi connectivity index (χ2v) is 5.04. The van der Waals surface area contributed by atoms with Gasteiger partial charge in [-0.15, -0.1) is 6.58 Å². The van der Waals surface area contributed by atoms with Crippen molar-refractivity contribution in [1.29, 1.82) is 0 Å². The fourth-order valence-corrected chi connectivity index (χ4v) is 2.30. The van der Waals surface area contributed by atoms with Crippen LogP contribution in [0.3, 0.4) is 0 Å². The topological polar surface area (TPSA) is 46.5 Å². The second kappa shape index (κ2) is 5.61. The molecule has 1 saturated heterocycles. The zero-order valence-electron chi connectivity index (χ0n) is 10.7. The summed E-state index contributed by atoms with van der Waals surface area (Å²) in [4.78, 5) is 11.3. The molecule has 3 heteroatoms. The molecule has 1 heterocycles. The number of hydrogen-bond donors (Lipinski definition) is 1. The third kappa shape index (κ3) is 3.51. The monoisotopic (exact) mass is 238 g/mol. The number of rotatable bonds is 5. The van der Waals surface area contributed by atoms with E-state index < -0.39 is 5.60 Å². The van der Waals surface area contributed by atoms with Crippen molar-refractivity contribution >= 4 is 5.78 Å². The zero-order chi connectivity index (χ0) is 13.1. The Balaban J connectivity index is 2.68. The van der Waals surface area contributed by atoms with Crippen LogP contribution in [0.5, 0.6) is 0 Å². The van der Waals surface area contributed by atoms with Crippen molar-refractivity contribution in [2.45, 2.75) is 50.9 Å². The summed E-state index contributed by atoms with van der Waals surface area (Å²) in [5, 5.41) is 10.2. The molecule has 0 saturated carbocycles. The number of carbonyl (C=O) groups is 1. The van der Waals surface area contributed by atoms with E-state index in [2.05, 4.69) is 13.2 Å². The first kappa shape index (κ1) is 14.1.